The van der Waals surface area contributed by atoms with Gasteiger partial charge in [0.2, 0.25) is 0 Å². The Hall–Kier alpha value is -0.460. The van der Waals surface area contributed by atoms with Crippen molar-refractivity contribution < 1.29 is 40.6 Å². The molecule has 6 nitrogen and oxygen atoms in total. The Bertz CT molecular complexity index is 132. The Morgan fingerprint density at radius 3 is 1.44 bits per heavy atom. The summed E-state index contributed by atoms with van der Waals surface area (Å²) in [5.41, 5.74) is 8.87. The molecule has 0 aliphatic rings. The normalized spacial score (nSPS) is 8.44. The van der Waals surface area contributed by atoms with Crippen LogP contribution in [0.4, 0.5) is 9.59 Å². The van der Waals surface area contributed by atoms with Gasteiger partial charge in [0, 0.05) is 0 Å². The number of carbonyl (C=O) groups excluding carboxylic acids is 2. The molecule has 0 spiro atoms. The molecular weight excluding hydrogens is 135 g/mol. The van der Waals surface area contributed by atoms with E-state index < -0.39 is 12.1 Å². The number of hydrogen-bond donors (Lipinski definition) is 2. The van der Waals surface area contributed by atoms with Crippen molar-refractivity contribution in [3.63, 3.8) is 0 Å². The molecule has 0 bridgehead atoms. The molecule has 0 unspecified atom stereocenters. The van der Waals surface area contributed by atoms with Gasteiger partial charge < -0.3 is 12.9 Å². The summed E-state index contributed by atoms with van der Waals surface area (Å²) in [5, 5.41) is 5.23. The van der Waals surface area contributed by atoms with Crippen LogP contribution >= 0.6 is 0 Å². The van der Waals surface area contributed by atoms with E-state index in [1.165, 1.54) is 0 Å². The van der Waals surface area contributed by atoms with Crippen LogP contribution in [0, 0.1) is 0 Å². The maximum atomic E-state index is 9.66. The van der Waals surface area contributed by atoms with Gasteiger partial charge in [0.05, 0.1) is 0 Å². The molecule has 0 aliphatic heterocycles. The van der Waals surface area contributed by atoms with Crippen LogP contribution in [-0.2, 0) is 0 Å². The van der Waals surface area contributed by atoms with Crippen LogP contribution < -0.4 is 41.0 Å². The monoisotopic (exact) mass is 140 g/mol. The van der Waals surface area contributed by atoms with Gasteiger partial charge in [0.25, 0.3) is 0 Å². The molecule has 4 N–H and O–H groups in total. The molecule has 4 amide bonds. The predicted octanol–water partition coefficient (Wildman–Crippen LogP) is -3.29. The van der Waals surface area contributed by atoms with Gasteiger partial charge in [0.1, 0.15) is 0 Å². The number of azo groups is 1. The van der Waals surface area contributed by atoms with Gasteiger partial charge in [-0.25, -0.2) is 9.59 Å². The van der Waals surface area contributed by atoms with Crippen LogP contribution in [0.3, 0.4) is 0 Å². The second kappa shape index (κ2) is 5.67. The molecule has 0 atom stereocenters. The summed E-state index contributed by atoms with van der Waals surface area (Å²) >= 11 is 0. The first-order valence-electron chi connectivity index (χ1n) is 1.63. The van der Waals surface area contributed by atoms with Crippen molar-refractivity contribution in [1.29, 1.82) is 0 Å². The van der Waals surface area contributed by atoms with Crippen LogP contribution in [0.15, 0.2) is 10.2 Å². The number of nitrogens with zero attached hydrogens (tertiary/aromatic N) is 2. The molecule has 9 heavy (non-hydrogen) atoms. The zero-order chi connectivity index (χ0) is 6.57. The summed E-state index contributed by atoms with van der Waals surface area (Å²) in [4.78, 5) is 19.3. The quantitative estimate of drug-likeness (QED) is 0.271. The fourth-order valence-electron chi connectivity index (χ4n) is 0.0986. The van der Waals surface area contributed by atoms with Crippen LogP contribution in [0.25, 0.3) is 0 Å². The molecule has 0 radical (unpaired) electrons. The average molecular weight is 140 g/mol. The maximum absolute atomic E-state index is 9.66. The van der Waals surface area contributed by atoms with Crippen molar-refractivity contribution >= 4 is 12.1 Å². The Kier molecular flexibility index (Phi) is 7.15. The molecule has 0 aliphatic carbocycles. The van der Waals surface area contributed by atoms with Crippen molar-refractivity contribution in [2.24, 2.45) is 21.7 Å². The summed E-state index contributed by atoms with van der Waals surface area (Å²) in [5.74, 6) is 0. The van der Waals surface area contributed by atoms with Gasteiger partial charge in [-0.05, 0) is 0 Å². The van der Waals surface area contributed by atoms with E-state index in [9.17, 15) is 9.59 Å². The zero-order valence-corrected chi connectivity index (χ0v) is 6.87. The maximum Gasteiger partial charge on any atom is 1.00 e. The third kappa shape index (κ3) is 11.2. The molecule has 0 aromatic carbocycles. The Morgan fingerprint density at radius 2 is 1.33 bits per heavy atom. The van der Waals surface area contributed by atoms with Crippen molar-refractivity contribution in [2.45, 2.75) is 0 Å². The molecule has 0 aromatic rings. The second-order valence-corrected chi connectivity index (χ2v) is 0.876. The number of rotatable bonds is 0. The SMILES string of the molecule is NC(=O)N=NC(N)=O.[H-].[Na+]. The minimum atomic E-state index is -1.04. The van der Waals surface area contributed by atoms with Gasteiger partial charge in [-0.2, -0.15) is 0 Å². The standard InChI is InChI=1S/C2H4N4O2.Na.H/c3-1(7)5-6-2(4)8;;/h(H2,3,7)(H2,4,8);;/q;+1;-1. The zero-order valence-electron chi connectivity index (χ0n) is 5.87. The molecular formula is C2H5N4NaO2. The van der Waals surface area contributed by atoms with Gasteiger partial charge in [0.15, 0.2) is 0 Å². The number of carbonyl (C=O) groups is 2. The van der Waals surface area contributed by atoms with E-state index in [4.69, 9.17) is 0 Å². The van der Waals surface area contributed by atoms with Crippen molar-refractivity contribution in [3.05, 3.63) is 0 Å². The summed E-state index contributed by atoms with van der Waals surface area (Å²) in [6, 6.07) is -2.08. The second-order valence-electron chi connectivity index (χ2n) is 0.876. The van der Waals surface area contributed by atoms with Crippen LogP contribution in [0.5, 0.6) is 0 Å². The number of hydrogen-bond acceptors (Lipinski definition) is 2. The van der Waals surface area contributed by atoms with E-state index in [0.29, 0.717) is 0 Å². The molecule has 7 heteroatoms. The molecule has 0 heterocycles. The molecule has 0 fully saturated rings. The van der Waals surface area contributed by atoms with Gasteiger partial charge in [-0.15, -0.1) is 0 Å². The van der Waals surface area contributed by atoms with Gasteiger partial charge in [-0.1, -0.05) is 10.2 Å². The first-order chi connectivity index (χ1) is 3.63. The van der Waals surface area contributed by atoms with Crippen LogP contribution in [0.2, 0.25) is 0 Å². The average Bonchev–Trinajstić information content (AvgIpc) is 1.61. The molecule has 0 saturated heterocycles. The Labute approximate surface area is 74.5 Å². The first kappa shape index (κ1) is 11.4. The molecule has 46 valence electrons. The number of primary amides is 2. The summed E-state index contributed by atoms with van der Waals surface area (Å²) < 4.78 is 0. The van der Waals surface area contributed by atoms with E-state index in [1.54, 1.807) is 0 Å². The third-order valence-electron chi connectivity index (χ3n) is 0.247. The van der Waals surface area contributed by atoms with Gasteiger partial charge in [-0.3, -0.25) is 0 Å². The van der Waals surface area contributed by atoms with Crippen molar-refractivity contribution in [1.82, 2.24) is 0 Å². The number of amides is 4. The van der Waals surface area contributed by atoms with E-state index in [-0.39, 0.29) is 31.0 Å². The van der Waals surface area contributed by atoms with Crippen molar-refractivity contribution in [2.75, 3.05) is 0 Å². The topological polar surface area (TPSA) is 111 Å². The van der Waals surface area contributed by atoms with Crippen LogP contribution in [-0.4, -0.2) is 12.1 Å². The predicted molar refractivity (Wildman–Crippen MR) is 25.1 cm³/mol. The van der Waals surface area contributed by atoms with E-state index in [2.05, 4.69) is 21.7 Å². The number of urea groups is 2. The molecule has 0 rings (SSSR count). The fraction of sp³-hybridized carbons (Fsp3) is 0. The summed E-state index contributed by atoms with van der Waals surface area (Å²) in [6.07, 6.45) is 0. The minimum Gasteiger partial charge on any atom is -1.00 e. The van der Waals surface area contributed by atoms with E-state index in [0.717, 1.165) is 0 Å². The molecule has 0 saturated carbocycles. The third-order valence-corrected chi connectivity index (χ3v) is 0.247. The fourth-order valence-corrected chi connectivity index (χ4v) is 0.0986. The smallest absolute Gasteiger partial charge is 1.00 e. The summed E-state index contributed by atoms with van der Waals surface area (Å²) in [6.45, 7) is 0. The largest absolute Gasteiger partial charge is 1.00 e. The first-order valence-corrected chi connectivity index (χ1v) is 1.63. The van der Waals surface area contributed by atoms with Crippen molar-refractivity contribution in [3.8, 4) is 0 Å². The summed E-state index contributed by atoms with van der Waals surface area (Å²) in [7, 11) is 0. The molecule has 0 aromatic heterocycles. The van der Waals surface area contributed by atoms with E-state index >= 15 is 0 Å². The Balaban J connectivity index is -0.000000245. The number of nitrogens with two attached hydrogens (primary N) is 2. The van der Waals surface area contributed by atoms with Crippen LogP contribution in [0.1, 0.15) is 1.43 Å². The Morgan fingerprint density at radius 1 is 1.11 bits per heavy atom. The van der Waals surface area contributed by atoms with E-state index in [1.807, 2.05) is 0 Å². The minimum absolute atomic E-state index is 0. The van der Waals surface area contributed by atoms with Gasteiger partial charge >= 0.3 is 41.6 Å².